The number of methoxy groups -OCH3 is 1. The van der Waals surface area contributed by atoms with Crippen LogP contribution in [-0.2, 0) is 20.9 Å². The van der Waals surface area contributed by atoms with Crippen molar-refractivity contribution in [1.29, 1.82) is 0 Å². The van der Waals surface area contributed by atoms with Crippen molar-refractivity contribution in [2.24, 2.45) is 0 Å². The summed E-state index contributed by atoms with van der Waals surface area (Å²) in [4.78, 5) is 24.4. The Morgan fingerprint density at radius 1 is 1.30 bits per heavy atom. The van der Waals surface area contributed by atoms with E-state index < -0.39 is 23.5 Å². The van der Waals surface area contributed by atoms with Gasteiger partial charge in [-0.15, -0.1) is 0 Å². The van der Waals surface area contributed by atoms with Gasteiger partial charge in [-0.2, -0.15) is 0 Å². The van der Waals surface area contributed by atoms with E-state index in [4.69, 9.17) is 21.1 Å². The van der Waals surface area contributed by atoms with E-state index in [1.165, 1.54) is 14.2 Å². The number of carbonyl (C=O) groups excluding carboxylic acids is 2. The van der Waals surface area contributed by atoms with Crippen LogP contribution in [0.3, 0.4) is 0 Å². The molecule has 1 aromatic carbocycles. The Hall–Kier alpha value is -1.59. The van der Waals surface area contributed by atoms with Gasteiger partial charge in [-0.05, 0) is 24.1 Å². The van der Waals surface area contributed by atoms with Crippen LogP contribution in [0, 0.1) is 0 Å². The molecule has 0 unspecified atom stereocenters. The highest BCUT2D eigenvalue weighted by atomic mass is 35.5. The van der Waals surface area contributed by atoms with Gasteiger partial charge in [0, 0.05) is 14.2 Å². The van der Waals surface area contributed by atoms with Crippen LogP contribution in [0.2, 0.25) is 0 Å². The molecule has 0 heterocycles. The molecule has 1 aromatic rings. The van der Waals surface area contributed by atoms with Gasteiger partial charge in [0.25, 0.3) is 0 Å². The fourth-order valence-electron chi connectivity index (χ4n) is 1.72. The predicted octanol–water partition coefficient (Wildman–Crippen LogP) is 2.42. The molecule has 0 saturated heterocycles. The standard InChI is InChI=1S/C14H18ClNO4/c1-10(19-3)12(16(2)14(15)18)13(17)20-9-11-7-5-4-6-8-11/h4-8,10,12H,9H2,1-3H3/t10-,12+/m1/s1. The number of amides is 1. The molecule has 0 aliphatic rings. The van der Waals surface area contributed by atoms with E-state index in [9.17, 15) is 9.59 Å². The number of esters is 1. The largest absolute Gasteiger partial charge is 0.459 e. The molecule has 0 N–H and O–H groups in total. The summed E-state index contributed by atoms with van der Waals surface area (Å²) in [5.74, 6) is -0.556. The Morgan fingerprint density at radius 2 is 1.90 bits per heavy atom. The molecule has 0 radical (unpaired) electrons. The van der Waals surface area contributed by atoms with Gasteiger partial charge in [-0.1, -0.05) is 30.3 Å². The second-order valence-corrected chi connectivity index (χ2v) is 4.67. The van der Waals surface area contributed by atoms with E-state index >= 15 is 0 Å². The van der Waals surface area contributed by atoms with Crippen LogP contribution in [0.15, 0.2) is 30.3 Å². The van der Waals surface area contributed by atoms with Gasteiger partial charge in [-0.3, -0.25) is 4.79 Å². The van der Waals surface area contributed by atoms with Gasteiger partial charge in [-0.25, -0.2) is 4.79 Å². The average Bonchev–Trinajstić information content (AvgIpc) is 2.45. The van der Waals surface area contributed by atoms with Crippen LogP contribution >= 0.6 is 11.6 Å². The van der Waals surface area contributed by atoms with E-state index in [1.54, 1.807) is 6.92 Å². The highest BCUT2D eigenvalue weighted by Crippen LogP contribution is 2.12. The highest BCUT2D eigenvalue weighted by molar-refractivity contribution is 6.62. The number of likely N-dealkylation sites (N-methyl/N-ethyl adjacent to an activating group) is 1. The summed E-state index contributed by atoms with van der Waals surface area (Å²) in [5.41, 5.74) is 0.865. The van der Waals surface area contributed by atoms with Crippen LogP contribution in [0.25, 0.3) is 0 Å². The van der Waals surface area contributed by atoms with E-state index in [1.807, 2.05) is 30.3 Å². The van der Waals surface area contributed by atoms with Crippen molar-refractivity contribution in [1.82, 2.24) is 4.90 Å². The van der Waals surface area contributed by atoms with E-state index in [0.717, 1.165) is 10.5 Å². The van der Waals surface area contributed by atoms with Crippen molar-refractivity contribution in [2.75, 3.05) is 14.2 Å². The maximum absolute atomic E-state index is 12.1. The molecule has 0 aliphatic heterocycles. The third-order valence-electron chi connectivity index (χ3n) is 2.98. The zero-order chi connectivity index (χ0) is 15.1. The third kappa shape index (κ3) is 4.51. The Morgan fingerprint density at radius 3 is 2.40 bits per heavy atom. The van der Waals surface area contributed by atoms with Gasteiger partial charge < -0.3 is 14.4 Å². The molecule has 1 rings (SSSR count). The van der Waals surface area contributed by atoms with Crippen molar-refractivity contribution >= 4 is 22.9 Å². The third-order valence-corrected chi connectivity index (χ3v) is 3.24. The number of hydrogen-bond acceptors (Lipinski definition) is 4. The topological polar surface area (TPSA) is 55.8 Å². The van der Waals surface area contributed by atoms with E-state index in [0.29, 0.717) is 0 Å². The summed E-state index contributed by atoms with van der Waals surface area (Å²) in [5, 5.41) is -0.740. The quantitative estimate of drug-likeness (QED) is 0.460. The molecule has 2 atom stereocenters. The minimum atomic E-state index is -0.881. The monoisotopic (exact) mass is 299 g/mol. The normalized spacial score (nSPS) is 13.4. The summed E-state index contributed by atoms with van der Waals surface area (Å²) in [6, 6.07) is 8.39. The van der Waals surface area contributed by atoms with Crippen molar-refractivity contribution < 1.29 is 19.1 Å². The maximum Gasteiger partial charge on any atom is 0.331 e. The molecule has 20 heavy (non-hydrogen) atoms. The average molecular weight is 300 g/mol. The molecule has 0 aromatic heterocycles. The van der Waals surface area contributed by atoms with E-state index in [-0.39, 0.29) is 6.61 Å². The summed E-state index contributed by atoms with van der Waals surface area (Å²) < 4.78 is 10.3. The molecule has 0 saturated carbocycles. The van der Waals surface area contributed by atoms with Gasteiger partial charge in [0.05, 0.1) is 6.10 Å². The van der Waals surface area contributed by atoms with Gasteiger partial charge >= 0.3 is 11.3 Å². The number of benzene rings is 1. The second-order valence-electron chi connectivity index (χ2n) is 4.34. The number of carbonyl (C=O) groups is 2. The number of ether oxygens (including phenoxy) is 2. The fourth-order valence-corrected chi connectivity index (χ4v) is 1.82. The smallest absolute Gasteiger partial charge is 0.331 e. The van der Waals surface area contributed by atoms with E-state index in [2.05, 4.69) is 0 Å². The van der Waals surface area contributed by atoms with Gasteiger partial charge in [0.2, 0.25) is 0 Å². The number of rotatable bonds is 6. The lowest BCUT2D eigenvalue weighted by Crippen LogP contribution is -2.48. The first-order chi connectivity index (χ1) is 9.47. The summed E-state index contributed by atoms with van der Waals surface area (Å²) >= 11 is 5.41. The molecule has 0 fully saturated rings. The SMILES string of the molecule is CO[C@H](C)[C@@H](C(=O)OCc1ccccc1)N(C)C(=O)Cl. The first kappa shape index (κ1) is 16.5. The second kappa shape index (κ2) is 7.87. The Kier molecular flexibility index (Phi) is 6.48. The molecule has 0 spiro atoms. The number of nitrogens with zero attached hydrogens (tertiary/aromatic N) is 1. The minimum Gasteiger partial charge on any atom is -0.459 e. The molecular formula is C14H18ClNO4. The molecule has 5 nitrogen and oxygen atoms in total. The predicted molar refractivity (Wildman–Crippen MR) is 75.5 cm³/mol. The van der Waals surface area contributed by atoms with Gasteiger partial charge in [0.15, 0.2) is 6.04 Å². The van der Waals surface area contributed by atoms with Crippen LogP contribution in [0.5, 0.6) is 0 Å². The van der Waals surface area contributed by atoms with Crippen LogP contribution < -0.4 is 0 Å². The van der Waals surface area contributed by atoms with Crippen molar-refractivity contribution in [3.8, 4) is 0 Å². The summed E-state index contributed by atoms with van der Waals surface area (Å²) in [6.45, 7) is 1.81. The first-order valence-electron chi connectivity index (χ1n) is 6.13. The Balaban J connectivity index is 2.71. The van der Waals surface area contributed by atoms with Crippen molar-refractivity contribution in [2.45, 2.75) is 25.7 Å². The zero-order valence-corrected chi connectivity index (χ0v) is 12.5. The fraction of sp³-hybridized carbons (Fsp3) is 0.429. The summed E-state index contributed by atoms with van der Waals surface area (Å²) in [7, 11) is 2.88. The Labute approximate surface area is 123 Å². The highest BCUT2D eigenvalue weighted by Gasteiger charge is 2.33. The van der Waals surface area contributed by atoms with Crippen LogP contribution in [-0.4, -0.2) is 42.5 Å². The molecule has 0 bridgehead atoms. The van der Waals surface area contributed by atoms with Crippen molar-refractivity contribution in [3.63, 3.8) is 0 Å². The number of hydrogen-bond donors (Lipinski definition) is 0. The first-order valence-corrected chi connectivity index (χ1v) is 6.50. The van der Waals surface area contributed by atoms with Crippen LogP contribution in [0.1, 0.15) is 12.5 Å². The molecule has 0 aliphatic carbocycles. The van der Waals surface area contributed by atoms with Crippen LogP contribution in [0.4, 0.5) is 4.79 Å². The lowest BCUT2D eigenvalue weighted by Gasteiger charge is -2.28. The molecular weight excluding hydrogens is 282 g/mol. The lowest BCUT2D eigenvalue weighted by atomic mass is 10.1. The summed E-state index contributed by atoms with van der Waals surface area (Å²) in [6.07, 6.45) is -0.522. The molecule has 110 valence electrons. The lowest BCUT2D eigenvalue weighted by molar-refractivity contribution is -0.154. The minimum absolute atomic E-state index is 0.136. The van der Waals surface area contributed by atoms with Crippen molar-refractivity contribution in [3.05, 3.63) is 35.9 Å². The zero-order valence-electron chi connectivity index (χ0n) is 11.7. The number of halogens is 1. The molecule has 6 heteroatoms. The Bertz CT molecular complexity index is 452. The van der Waals surface area contributed by atoms with Gasteiger partial charge in [0.1, 0.15) is 6.61 Å². The molecule has 1 amide bonds. The maximum atomic E-state index is 12.1.